The third kappa shape index (κ3) is 1.54. The summed E-state index contributed by atoms with van der Waals surface area (Å²) >= 11 is 0. The highest BCUT2D eigenvalue weighted by molar-refractivity contribution is 5.27. The first-order valence-corrected chi connectivity index (χ1v) is 4.25. The van der Waals surface area contributed by atoms with Crippen LogP contribution in [0.25, 0.3) is 5.69 Å². The van der Waals surface area contributed by atoms with E-state index < -0.39 is 0 Å². The van der Waals surface area contributed by atoms with Gasteiger partial charge in [-0.2, -0.15) is 9.78 Å². The van der Waals surface area contributed by atoms with E-state index in [-0.39, 0.29) is 5.56 Å². The molecule has 70 valence electrons. The Kier molecular flexibility index (Phi) is 2.10. The molecule has 2 rings (SSSR count). The van der Waals surface area contributed by atoms with Crippen LogP contribution in [0.2, 0.25) is 0 Å². The quantitative estimate of drug-likeness (QED) is 0.667. The van der Waals surface area contributed by atoms with Crippen LogP contribution >= 0.6 is 0 Å². The third-order valence-corrected chi connectivity index (χ3v) is 1.86. The molecule has 0 N–H and O–H groups in total. The van der Waals surface area contributed by atoms with Gasteiger partial charge in [0.1, 0.15) is 0 Å². The van der Waals surface area contributed by atoms with E-state index >= 15 is 0 Å². The zero-order valence-corrected chi connectivity index (χ0v) is 7.71. The predicted octanol–water partition coefficient (Wildman–Crippen LogP) is 0.936. The summed E-state index contributed by atoms with van der Waals surface area (Å²) in [4.78, 5) is 15.5. The molecule has 4 heteroatoms. The van der Waals surface area contributed by atoms with Crippen LogP contribution in [0.3, 0.4) is 0 Å². The maximum Gasteiger partial charge on any atom is 0.271 e. The van der Waals surface area contributed by atoms with Crippen LogP contribution in [-0.4, -0.2) is 14.8 Å². The van der Waals surface area contributed by atoms with Crippen LogP contribution in [0.15, 0.2) is 41.5 Å². The second-order valence-corrected chi connectivity index (χ2v) is 2.93. The average Bonchev–Trinajstić information content (AvgIpc) is 2.20. The number of rotatable bonds is 1. The van der Waals surface area contributed by atoms with Crippen LogP contribution in [0.5, 0.6) is 0 Å². The molecule has 0 aromatic carbocycles. The van der Waals surface area contributed by atoms with Gasteiger partial charge in [-0.3, -0.25) is 9.78 Å². The highest BCUT2D eigenvalue weighted by atomic mass is 16.1. The SMILES string of the molecule is Cc1ccc(-n2ncccc2=O)cn1. The second-order valence-electron chi connectivity index (χ2n) is 2.93. The lowest BCUT2D eigenvalue weighted by molar-refractivity contribution is 0.801. The van der Waals surface area contributed by atoms with Crippen molar-refractivity contribution in [3.63, 3.8) is 0 Å². The van der Waals surface area contributed by atoms with Crippen molar-refractivity contribution in [1.82, 2.24) is 14.8 Å². The zero-order chi connectivity index (χ0) is 9.97. The van der Waals surface area contributed by atoms with Gasteiger partial charge >= 0.3 is 0 Å². The molecule has 0 spiro atoms. The van der Waals surface area contributed by atoms with Crippen LogP contribution in [0, 0.1) is 6.92 Å². The van der Waals surface area contributed by atoms with Crippen molar-refractivity contribution < 1.29 is 0 Å². The topological polar surface area (TPSA) is 47.8 Å². The van der Waals surface area contributed by atoms with Crippen molar-refractivity contribution in [1.29, 1.82) is 0 Å². The van der Waals surface area contributed by atoms with E-state index in [2.05, 4.69) is 10.1 Å². The Bertz CT molecular complexity index is 487. The van der Waals surface area contributed by atoms with Crippen molar-refractivity contribution in [2.45, 2.75) is 6.92 Å². The maximum atomic E-state index is 11.4. The van der Waals surface area contributed by atoms with Gasteiger partial charge in [-0.15, -0.1) is 0 Å². The molecule has 0 aliphatic heterocycles. The van der Waals surface area contributed by atoms with Crippen LogP contribution < -0.4 is 5.56 Å². The van der Waals surface area contributed by atoms with Crippen molar-refractivity contribution in [2.24, 2.45) is 0 Å². The highest BCUT2D eigenvalue weighted by Crippen LogP contribution is 2.01. The van der Waals surface area contributed by atoms with E-state index in [1.165, 1.54) is 10.7 Å². The van der Waals surface area contributed by atoms with Gasteiger partial charge < -0.3 is 0 Å². The molecule has 2 heterocycles. The minimum Gasteiger partial charge on any atom is -0.267 e. The van der Waals surface area contributed by atoms with Gasteiger partial charge in [0, 0.05) is 18.0 Å². The summed E-state index contributed by atoms with van der Waals surface area (Å²) in [5.41, 5.74) is 1.44. The summed E-state index contributed by atoms with van der Waals surface area (Å²) in [5.74, 6) is 0. The van der Waals surface area contributed by atoms with Gasteiger partial charge in [0.2, 0.25) is 0 Å². The number of hydrogen-bond acceptors (Lipinski definition) is 3. The van der Waals surface area contributed by atoms with Gasteiger partial charge in [0.05, 0.1) is 11.9 Å². The minimum absolute atomic E-state index is 0.154. The van der Waals surface area contributed by atoms with Crippen molar-refractivity contribution in [3.8, 4) is 5.69 Å². The van der Waals surface area contributed by atoms with E-state index in [1.54, 1.807) is 18.5 Å². The van der Waals surface area contributed by atoms with Gasteiger partial charge in [0.25, 0.3) is 5.56 Å². The van der Waals surface area contributed by atoms with Gasteiger partial charge in [-0.05, 0) is 25.1 Å². The van der Waals surface area contributed by atoms with E-state index in [0.29, 0.717) is 5.69 Å². The molecule has 0 aliphatic rings. The molecule has 14 heavy (non-hydrogen) atoms. The summed E-state index contributed by atoms with van der Waals surface area (Å²) < 4.78 is 1.31. The molecule has 0 unspecified atom stereocenters. The molecule has 4 nitrogen and oxygen atoms in total. The molecular weight excluding hydrogens is 178 g/mol. The largest absolute Gasteiger partial charge is 0.271 e. The number of pyridine rings is 1. The number of nitrogens with zero attached hydrogens (tertiary/aromatic N) is 3. The predicted molar refractivity (Wildman–Crippen MR) is 52.4 cm³/mol. The minimum atomic E-state index is -0.154. The van der Waals surface area contributed by atoms with Gasteiger partial charge in [-0.1, -0.05) is 0 Å². The molecule has 2 aromatic rings. The third-order valence-electron chi connectivity index (χ3n) is 1.86. The molecule has 0 saturated carbocycles. The van der Waals surface area contributed by atoms with E-state index in [4.69, 9.17) is 0 Å². The number of aryl methyl sites for hydroxylation is 1. The summed E-state index contributed by atoms with van der Waals surface area (Å²) in [7, 11) is 0. The Labute approximate surface area is 80.9 Å². The van der Waals surface area contributed by atoms with Gasteiger partial charge in [-0.25, -0.2) is 0 Å². The first-order chi connectivity index (χ1) is 6.77. The molecule has 0 saturated heterocycles. The normalized spacial score (nSPS) is 10.1. The Hall–Kier alpha value is -1.97. The molecule has 0 amide bonds. The Morgan fingerprint density at radius 3 is 2.79 bits per heavy atom. The second kappa shape index (κ2) is 3.41. The standard InChI is InChI=1S/C10H9N3O/c1-8-4-5-9(7-11-8)13-10(14)3-2-6-12-13/h2-7H,1H3. The smallest absolute Gasteiger partial charge is 0.267 e. The van der Waals surface area contributed by atoms with Crippen molar-refractivity contribution in [3.05, 3.63) is 52.7 Å². The fourth-order valence-corrected chi connectivity index (χ4v) is 1.14. The lowest BCUT2D eigenvalue weighted by Crippen LogP contribution is -2.19. The first kappa shape index (κ1) is 8.62. The van der Waals surface area contributed by atoms with Crippen LogP contribution in [-0.2, 0) is 0 Å². The van der Waals surface area contributed by atoms with E-state index in [0.717, 1.165) is 5.69 Å². The molecule has 0 fully saturated rings. The zero-order valence-electron chi connectivity index (χ0n) is 7.71. The van der Waals surface area contributed by atoms with E-state index in [9.17, 15) is 4.79 Å². The van der Waals surface area contributed by atoms with Crippen LogP contribution in [0.1, 0.15) is 5.69 Å². The number of hydrogen-bond donors (Lipinski definition) is 0. The lowest BCUT2D eigenvalue weighted by atomic mass is 10.3. The summed E-state index contributed by atoms with van der Waals surface area (Å²) in [6.07, 6.45) is 3.20. The summed E-state index contributed by atoms with van der Waals surface area (Å²) in [6.45, 7) is 1.89. The molecule has 0 radical (unpaired) electrons. The molecule has 0 bridgehead atoms. The Morgan fingerprint density at radius 2 is 2.14 bits per heavy atom. The first-order valence-electron chi connectivity index (χ1n) is 4.25. The Balaban J connectivity index is 2.56. The summed E-state index contributed by atoms with van der Waals surface area (Å²) in [5, 5.41) is 3.94. The molecular formula is C10H9N3O. The molecule has 0 aliphatic carbocycles. The lowest BCUT2D eigenvalue weighted by Gasteiger charge is -2.02. The Morgan fingerprint density at radius 1 is 1.29 bits per heavy atom. The monoisotopic (exact) mass is 187 g/mol. The fraction of sp³-hybridized carbons (Fsp3) is 0.100. The fourth-order valence-electron chi connectivity index (χ4n) is 1.14. The maximum absolute atomic E-state index is 11.4. The van der Waals surface area contributed by atoms with Crippen LogP contribution in [0.4, 0.5) is 0 Å². The average molecular weight is 187 g/mol. The van der Waals surface area contributed by atoms with Gasteiger partial charge in [0.15, 0.2) is 0 Å². The highest BCUT2D eigenvalue weighted by Gasteiger charge is 1.98. The molecule has 0 atom stereocenters. The molecule has 2 aromatic heterocycles. The van der Waals surface area contributed by atoms with Crippen molar-refractivity contribution in [2.75, 3.05) is 0 Å². The van der Waals surface area contributed by atoms with E-state index in [1.807, 2.05) is 19.1 Å². The summed E-state index contributed by atoms with van der Waals surface area (Å²) in [6, 6.07) is 6.74. The van der Waals surface area contributed by atoms with Crippen molar-refractivity contribution >= 4 is 0 Å². The number of aromatic nitrogens is 3.